The number of nitrogens with zero attached hydrogens (tertiary/aromatic N) is 2. The van der Waals surface area contributed by atoms with Gasteiger partial charge in [-0.25, -0.2) is 9.59 Å². The summed E-state index contributed by atoms with van der Waals surface area (Å²) < 4.78 is 11.1. The first-order valence-corrected chi connectivity index (χ1v) is 11.4. The maximum atomic E-state index is 12.8. The summed E-state index contributed by atoms with van der Waals surface area (Å²) in [6.07, 6.45) is 0. The molecule has 0 fully saturated rings. The second-order valence-corrected chi connectivity index (χ2v) is 8.63. The highest BCUT2D eigenvalue weighted by Gasteiger charge is 2.30. The Labute approximate surface area is 212 Å². The Bertz CT molecular complexity index is 1150. The van der Waals surface area contributed by atoms with E-state index in [9.17, 15) is 20.1 Å². The summed E-state index contributed by atoms with van der Waals surface area (Å²) in [5.41, 5.74) is 1.43. The average molecular weight is 648 g/mol. The summed E-state index contributed by atoms with van der Waals surface area (Å²) in [6, 6.07) is 22.1. The number of carbonyl (C=O) groups excluding carboxylic acids is 2. The number of rotatable bonds is 6. The predicted molar refractivity (Wildman–Crippen MR) is 132 cm³/mol. The molecule has 8 heteroatoms. The number of carbonyl (C=O) groups is 2. The van der Waals surface area contributed by atoms with Crippen molar-refractivity contribution in [1.82, 2.24) is 0 Å². The van der Waals surface area contributed by atoms with Crippen molar-refractivity contribution in [2.24, 2.45) is 0 Å². The van der Waals surface area contributed by atoms with Crippen molar-refractivity contribution < 1.29 is 19.1 Å². The maximum Gasteiger partial charge on any atom is 0.340 e. The Morgan fingerprint density at radius 1 is 0.688 bits per heavy atom. The molecule has 0 radical (unpaired) electrons. The molecule has 0 amide bonds. The standard InChI is InChI=1S/C24H14I2N2O4/c25-21-18(12-28)20(24(30)32-14-16-9-5-2-6-10-16)22(26)17(11-27)19(21)23(29)31-13-15-7-3-1-4-8-15/h1-10H,13-14H2. The monoisotopic (exact) mass is 648 g/mol. The van der Waals surface area contributed by atoms with E-state index in [0.29, 0.717) is 0 Å². The second-order valence-electron chi connectivity index (χ2n) is 6.48. The van der Waals surface area contributed by atoms with Crippen LogP contribution in [0.1, 0.15) is 43.0 Å². The first-order chi connectivity index (χ1) is 15.5. The van der Waals surface area contributed by atoms with E-state index in [1.165, 1.54) is 0 Å². The topological polar surface area (TPSA) is 100 Å². The van der Waals surface area contributed by atoms with E-state index in [-0.39, 0.29) is 42.6 Å². The number of halogens is 2. The van der Waals surface area contributed by atoms with E-state index in [0.717, 1.165) is 11.1 Å². The molecule has 0 unspecified atom stereocenters. The fourth-order valence-corrected chi connectivity index (χ4v) is 4.63. The SMILES string of the molecule is N#Cc1c(I)c(C(=O)OCc2ccccc2)c(C#N)c(I)c1C(=O)OCc1ccccc1. The van der Waals surface area contributed by atoms with Gasteiger partial charge in [0.15, 0.2) is 0 Å². The molecule has 0 aromatic heterocycles. The van der Waals surface area contributed by atoms with Crippen molar-refractivity contribution in [3.8, 4) is 12.1 Å². The highest BCUT2D eigenvalue weighted by molar-refractivity contribution is 14.1. The van der Waals surface area contributed by atoms with E-state index in [1.54, 1.807) is 69.4 Å². The Morgan fingerprint density at radius 3 is 1.34 bits per heavy atom. The molecule has 0 saturated heterocycles. The molecular formula is C24H14I2N2O4. The third-order valence-corrected chi connectivity index (χ3v) is 6.59. The van der Waals surface area contributed by atoms with Crippen LogP contribution in [0, 0.1) is 29.8 Å². The minimum Gasteiger partial charge on any atom is -0.457 e. The number of nitriles is 2. The van der Waals surface area contributed by atoms with Crippen LogP contribution in [-0.2, 0) is 22.7 Å². The highest BCUT2D eigenvalue weighted by Crippen LogP contribution is 2.32. The van der Waals surface area contributed by atoms with Gasteiger partial charge in [-0.05, 0) is 56.3 Å². The van der Waals surface area contributed by atoms with E-state index in [4.69, 9.17) is 9.47 Å². The van der Waals surface area contributed by atoms with Gasteiger partial charge in [0.05, 0.1) is 22.3 Å². The van der Waals surface area contributed by atoms with Crippen molar-refractivity contribution in [2.75, 3.05) is 0 Å². The summed E-state index contributed by atoms with van der Waals surface area (Å²) >= 11 is 3.58. The van der Waals surface area contributed by atoms with Gasteiger partial charge in [0.1, 0.15) is 25.4 Å². The van der Waals surface area contributed by atoms with Crippen LogP contribution in [-0.4, -0.2) is 11.9 Å². The summed E-state index contributed by atoms with van der Waals surface area (Å²) in [5, 5.41) is 19.5. The van der Waals surface area contributed by atoms with Gasteiger partial charge in [0.2, 0.25) is 0 Å². The molecule has 0 aliphatic rings. The van der Waals surface area contributed by atoms with Crippen molar-refractivity contribution in [3.05, 3.63) is 101 Å². The normalized spacial score (nSPS) is 10.0. The molecule has 0 atom stereocenters. The second kappa shape index (κ2) is 11.1. The van der Waals surface area contributed by atoms with Crippen LogP contribution in [0.4, 0.5) is 0 Å². The van der Waals surface area contributed by atoms with Crippen LogP contribution in [0.15, 0.2) is 60.7 Å². The Kier molecular flexibility index (Phi) is 8.20. The summed E-state index contributed by atoms with van der Waals surface area (Å²) in [4.78, 5) is 25.6. The molecule has 0 saturated carbocycles. The van der Waals surface area contributed by atoms with Crippen LogP contribution >= 0.6 is 45.2 Å². The smallest absolute Gasteiger partial charge is 0.340 e. The average Bonchev–Trinajstić information content (AvgIpc) is 2.82. The fourth-order valence-electron chi connectivity index (χ4n) is 2.87. The lowest BCUT2D eigenvalue weighted by Gasteiger charge is -2.15. The van der Waals surface area contributed by atoms with Crippen LogP contribution in [0.5, 0.6) is 0 Å². The largest absolute Gasteiger partial charge is 0.457 e. The zero-order chi connectivity index (χ0) is 23.1. The Hall–Kier alpha value is -2.96. The number of ether oxygens (including phenoxy) is 2. The van der Waals surface area contributed by atoms with Gasteiger partial charge < -0.3 is 9.47 Å². The van der Waals surface area contributed by atoms with Gasteiger partial charge >= 0.3 is 11.9 Å². The van der Waals surface area contributed by atoms with Crippen molar-refractivity contribution >= 4 is 57.1 Å². The lowest BCUT2D eigenvalue weighted by atomic mass is 9.99. The maximum absolute atomic E-state index is 12.8. The van der Waals surface area contributed by atoms with E-state index in [2.05, 4.69) is 0 Å². The number of hydrogen-bond donors (Lipinski definition) is 0. The van der Waals surface area contributed by atoms with Crippen LogP contribution in [0.2, 0.25) is 0 Å². The molecule has 3 aromatic carbocycles. The van der Waals surface area contributed by atoms with Crippen molar-refractivity contribution in [2.45, 2.75) is 13.2 Å². The molecule has 0 bridgehead atoms. The van der Waals surface area contributed by atoms with Gasteiger partial charge in [-0.1, -0.05) is 60.7 Å². The minimum absolute atomic E-state index is 0.0138. The van der Waals surface area contributed by atoms with Gasteiger partial charge in [-0.3, -0.25) is 0 Å². The Morgan fingerprint density at radius 2 is 1.03 bits per heavy atom. The molecule has 0 N–H and O–H groups in total. The molecule has 32 heavy (non-hydrogen) atoms. The molecule has 0 aliphatic carbocycles. The van der Waals surface area contributed by atoms with Gasteiger partial charge in [0.25, 0.3) is 0 Å². The number of esters is 2. The third kappa shape index (κ3) is 5.26. The molecular weight excluding hydrogens is 634 g/mol. The predicted octanol–water partition coefficient (Wildman–Crippen LogP) is 5.35. The lowest BCUT2D eigenvalue weighted by molar-refractivity contribution is 0.0456. The molecule has 0 spiro atoms. The van der Waals surface area contributed by atoms with E-state index < -0.39 is 11.9 Å². The summed E-state index contributed by atoms with van der Waals surface area (Å²) in [7, 11) is 0. The quantitative estimate of drug-likeness (QED) is 0.264. The van der Waals surface area contributed by atoms with Crippen LogP contribution in [0.3, 0.4) is 0 Å². The van der Waals surface area contributed by atoms with Crippen molar-refractivity contribution in [3.63, 3.8) is 0 Å². The molecule has 3 rings (SSSR count). The zero-order valence-corrected chi connectivity index (χ0v) is 20.8. The van der Waals surface area contributed by atoms with E-state index in [1.807, 2.05) is 48.5 Å². The molecule has 6 nitrogen and oxygen atoms in total. The van der Waals surface area contributed by atoms with E-state index >= 15 is 0 Å². The first kappa shape index (κ1) is 23.7. The molecule has 0 aliphatic heterocycles. The number of benzene rings is 3. The van der Waals surface area contributed by atoms with Crippen LogP contribution in [0.25, 0.3) is 0 Å². The molecule has 3 aromatic rings. The minimum atomic E-state index is -0.742. The Balaban J connectivity index is 1.94. The first-order valence-electron chi connectivity index (χ1n) is 9.25. The summed E-state index contributed by atoms with van der Waals surface area (Å²) in [6.45, 7) is 0.0277. The molecule has 0 heterocycles. The highest BCUT2D eigenvalue weighted by atomic mass is 127. The summed E-state index contributed by atoms with van der Waals surface area (Å²) in [5.74, 6) is -1.48. The lowest BCUT2D eigenvalue weighted by Crippen LogP contribution is -2.18. The zero-order valence-electron chi connectivity index (χ0n) is 16.5. The van der Waals surface area contributed by atoms with Gasteiger partial charge in [-0.2, -0.15) is 10.5 Å². The molecule has 158 valence electrons. The van der Waals surface area contributed by atoms with Gasteiger partial charge in [0, 0.05) is 7.14 Å². The third-order valence-electron chi connectivity index (χ3n) is 4.44. The fraction of sp³-hybridized carbons (Fsp3) is 0.0833. The van der Waals surface area contributed by atoms with Crippen molar-refractivity contribution in [1.29, 1.82) is 10.5 Å². The number of hydrogen-bond acceptors (Lipinski definition) is 6. The van der Waals surface area contributed by atoms with Crippen LogP contribution < -0.4 is 0 Å². The van der Waals surface area contributed by atoms with Gasteiger partial charge in [-0.15, -0.1) is 0 Å².